The first-order valence-corrected chi connectivity index (χ1v) is 10.4. The van der Waals surface area contributed by atoms with E-state index >= 15 is 0 Å². The highest BCUT2D eigenvalue weighted by Gasteiger charge is 2.57. The highest BCUT2D eigenvalue weighted by atomic mass is 32.2. The number of rotatable bonds is 0. The Hall–Kier alpha value is -1.49. The maximum atomic E-state index is 10.7. The molecule has 27 heavy (non-hydrogen) atoms. The Bertz CT molecular complexity index is 790. The number of hydrogen-bond donors (Lipinski definition) is 0. The molecule has 0 bridgehead atoms. The lowest BCUT2D eigenvalue weighted by atomic mass is 9.99. The van der Waals surface area contributed by atoms with Crippen molar-refractivity contribution in [1.29, 1.82) is 0 Å². The predicted molar refractivity (Wildman–Crippen MR) is 84.3 cm³/mol. The topological polar surface area (TPSA) is 84.5 Å². The van der Waals surface area contributed by atoms with Crippen LogP contribution in [0.1, 0.15) is 51.4 Å². The third-order valence-electron chi connectivity index (χ3n) is 6.18. The number of aromatic nitrogens is 2. The summed E-state index contributed by atoms with van der Waals surface area (Å²) in [7, 11) is -6.09. The smallest absolute Gasteiger partial charge is 0.485 e. The Labute approximate surface area is 154 Å². The van der Waals surface area contributed by atoms with Crippen LogP contribution in [-0.4, -0.2) is 36.3 Å². The van der Waals surface area contributed by atoms with Gasteiger partial charge in [0.05, 0.1) is 0 Å². The molecule has 0 atom stereocenters. The number of fused-ring (bicyclic) bond motifs is 5. The minimum absolute atomic E-state index is 0.246. The van der Waals surface area contributed by atoms with Crippen molar-refractivity contribution in [1.82, 2.24) is 4.57 Å². The van der Waals surface area contributed by atoms with Crippen molar-refractivity contribution in [2.45, 2.75) is 68.0 Å². The van der Waals surface area contributed by atoms with Crippen molar-refractivity contribution in [2.75, 3.05) is 13.2 Å². The van der Waals surface area contributed by atoms with Crippen LogP contribution in [0.15, 0.2) is 6.33 Å². The summed E-state index contributed by atoms with van der Waals surface area (Å²) in [4.78, 5) is 0. The fraction of sp³-hybridized carbons (Fsp3) is 0.812. The molecule has 0 unspecified atom stereocenters. The van der Waals surface area contributed by atoms with Gasteiger partial charge < -0.3 is 14.0 Å². The van der Waals surface area contributed by atoms with E-state index in [0.717, 1.165) is 25.0 Å². The number of ether oxygens (including phenoxy) is 2. The Morgan fingerprint density at radius 2 is 1.59 bits per heavy atom. The van der Waals surface area contributed by atoms with Crippen LogP contribution in [0.3, 0.4) is 0 Å². The summed E-state index contributed by atoms with van der Waals surface area (Å²) in [6, 6.07) is 0. The van der Waals surface area contributed by atoms with E-state index in [1.54, 1.807) is 0 Å². The first kappa shape index (κ1) is 18.9. The van der Waals surface area contributed by atoms with Crippen molar-refractivity contribution in [3.8, 4) is 11.8 Å². The van der Waals surface area contributed by atoms with Gasteiger partial charge in [-0.15, -0.1) is 0 Å². The average molecular weight is 410 g/mol. The SMILES string of the molecule is O=S(=O)([O-])C(F)(F)F.c1n2c(c3[n+]1C1(CCCC1)CO3)OCC21CCCC1. The standard InChI is InChI=1S/C15H21N2O2.CHF3O3S/c1-2-6-14(5-1)9-18-12-13-17(11-16(12)14)15(10-19-13)7-3-4-8-15;2-1(3,4)8(5,6)7/h11H,1-10H2;(H,5,6,7)/q+1;/p-1. The summed E-state index contributed by atoms with van der Waals surface area (Å²) in [5.41, 5.74) is -5.15. The molecule has 0 N–H and O–H groups in total. The molecule has 4 aliphatic rings. The van der Waals surface area contributed by atoms with Gasteiger partial charge in [0.25, 0.3) is 6.33 Å². The van der Waals surface area contributed by atoms with Crippen LogP contribution in [0.4, 0.5) is 13.2 Å². The minimum Gasteiger partial charge on any atom is -0.741 e. The molecular weight excluding hydrogens is 389 g/mol. The van der Waals surface area contributed by atoms with Gasteiger partial charge in [0, 0.05) is 0 Å². The van der Waals surface area contributed by atoms with Gasteiger partial charge in [-0.05, 0) is 51.4 Å². The molecule has 3 heterocycles. The number of hydrogen-bond acceptors (Lipinski definition) is 5. The lowest BCUT2D eigenvalue weighted by Crippen LogP contribution is -2.52. The fourth-order valence-corrected chi connectivity index (χ4v) is 4.75. The summed E-state index contributed by atoms with van der Waals surface area (Å²) >= 11 is 0. The first-order valence-electron chi connectivity index (χ1n) is 9.04. The average Bonchev–Trinajstić information content (AvgIpc) is 3.33. The van der Waals surface area contributed by atoms with Gasteiger partial charge in [0.1, 0.15) is 24.3 Å². The second-order valence-electron chi connectivity index (χ2n) is 7.81. The number of imidazole rings is 1. The second-order valence-corrected chi connectivity index (χ2v) is 9.18. The Balaban J connectivity index is 0.000000195. The summed E-state index contributed by atoms with van der Waals surface area (Å²) in [6.07, 6.45) is 12.7. The zero-order valence-corrected chi connectivity index (χ0v) is 15.4. The van der Waals surface area contributed by atoms with E-state index in [2.05, 4.69) is 15.5 Å². The molecule has 1 aromatic rings. The molecule has 2 spiro atoms. The lowest BCUT2D eigenvalue weighted by molar-refractivity contribution is -0.745. The van der Waals surface area contributed by atoms with E-state index < -0.39 is 15.6 Å². The largest absolute Gasteiger partial charge is 0.741 e. The highest BCUT2D eigenvalue weighted by molar-refractivity contribution is 7.86. The van der Waals surface area contributed by atoms with E-state index in [4.69, 9.17) is 22.4 Å². The van der Waals surface area contributed by atoms with Crippen LogP contribution < -0.4 is 14.0 Å². The number of halogens is 3. The molecule has 2 saturated carbocycles. The lowest BCUT2D eigenvalue weighted by Gasteiger charge is -2.19. The van der Waals surface area contributed by atoms with Crippen LogP contribution in [-0.2, 0) is 21.2 Å². The summed E-state index contributed by atoms with van der Waals surface area (Å²) < 4.78 is 75.8. The van der Waals surface area contributed by atoms with Crippen molar-refractivity contribution in [3.05, 3.63) is 6.33 Å². The van der Waals surface area contributed by atoms with Gasteiger partial charge in [-0.25, -0.2) is 8.42 Å². The monoisotopic (exact) mass is 410 g/mol. The maximum Gasteiger partial charge on any atom is 0.485 e. The molecule has 2 aliphatic heterocycles. The molecule has 7 nitrogen and oxygen atoms in total. The Morgan fingerprint density at radius 1 is 1.04 bits per heavy atom. The van der Waals surface area contributed by atoms with Crippen LogP contribution >= 0.6 is 0 Å². The van der Waals surface area contributed by atoms with Gasteiger partial charge in [-0.2, -0.15) is 22.3 Å². The molecule has 2 aliphatic carbocycles. The van der Waals surface area contributed by atoms with E-state index in [0.29, 0.717) is 0 Å². The van der Waals surface area contributed by atoms with Gasteiger partial charge in [0.15, 0.2) is 10.1 Å². The van der Waals surface area contributed by atoms with Gasteiger partial charge in [-0.3, -0.25) is 0 Å². The molecule has 0 radical (unpaired) electrons. The zero-order chi connectivity index (χ0) is 19.5. The van der Waals surface area contributed by atoms with Crippen LogP contribution in [0.2, 0.25) is 0 Å². The van der Waals surface area contributed by atoms with Gasteiger partial charge in [0.2, 0.25) is 0 Å². The summed E-state index contributed by atoms with van der Waals surface area (Å²) in [5, 5.41) is 0. The fourth-order valence-electron chi connectivity index (χ4n) is 4.75. The molecule has 0 aromatic carbocycles. The molecular formula is C16H21F3N2O5S. The third-order valence-corrected chi connectivity index (χ3v) is 6.75. The van der Waals surface area contributed by atoms with Crippen LogP contribution in [0.5, 0.6) is 11.8 Å². The molecule has 152 valence electrons. The maximum absolute atomic E-state index is 10.7. The number of alkyl halides is 3. The normalized spacial score (nSPS) is 24.3. The predicted octanol–water partition coefficient (Wildman–Crippen LogP) is 2.15. The van der Waals surface area contributed by atoms with Crippen LogP contribution in [0.25, 0.3) is 0 Å². The van der Waals surface area contributed by atoms with Gasteiger partial charge >= 0.3 is 17.3 Å². The van der Waals surface area contributed by atoms with E-state index in [-0.39, 0.29) is 11.1 Å². The quantitative estimate of drug-likeness (QED) is 0.372. The van der Waals surface area contributed by atoms with Crippen molar-refractivity contribution < 1.29 is 40.2 Å². The summed E-state index contributed by atoms with van der Waals surface area (Å²) in [5.74, 6) is 2.01. The van der Waals surface area contributed by atoms with E-state index in [9.17, 15) is 13.2 Å². The molecule has 1 aromatic heterocycles. The molecule has 0 amide bonds. The van der Waals surface area contributed by atoms with Crippen molar-refractivity contribution in [2.24, 2.45) is 0 Å². The summed E-state index contributed by atoms with van der Waals surface area (Å²) in [6.45, 7) is 1.71. The Kier molecular flexibility index (Phi) is 4.19. The highest BCUT2D eigenvalue weighted by Crippen LogP contribution is 2.49. The van der Waals surface area contributed by atoms with E-state index in [1.165, 1.54) is 51.4 Å². The molecule has 11 heteroatoms. The molecule has 2 fully saturated rings. The van der Waals surface area contributed by atoms with Crippen molar-refractivity contribution in [3.63, 3.8) is 0 Å². The van der Waals surface area contributed by atoms with Gasteiger partial charge in [-0.1, -0.05) is 0 Å². The van der Waals surface area contributed by atoms with Crippen LogP contribution in [0, 0.1) is 0 Å². The Morgan fingerprint density at radius 3 is 2.15 bits per heavy atom. The third kappa shape index (κ3) is 2.89. The molecule has 0 saturated heterocycles. The van der Waals surface area contributed by atoms with Crippen molar-refractivity contribution >= 4 is 10.1 Å². The molecule has 5 rings (SSSR count). The zero-order valence-electron chi connectivity index (χ0n) is 14.6. The second kappa shape index (κ2) is 6.00. The van der Waals surface area contributed by atoms with E-state index in [1.807, 2.05) is 0 Å². The minimum atomic E-state index is -6.09. The number of nitrogens with zero attached hydrogens (tertiary/aromatic N) is 2. The first-order chi connectivity index (χ1) is 12.6.